The first-order valence-corrected chi connectivity index (χ1v) is 7.04. The van der Waals surface area contributed by atoms with Gasteiger partial charge in [0.25, 0.3) is 0 Å². The Balaban J connectivity index is 2.29. The molecule has 1 N–H and O–H groups in total. The smallest absolute Gasteiger partial charge is 0.242 e. The number of hydrogen-bond acceptors (Lipinski definition) is 4. The summed E-state index contributed by atoms with van der Waals surface area (Å²) < 4.78 is 1.46. The number of aromatic nitrogens is 2. The van der Waals surface area contributed by atoms with Crippen LogP contribution in [-0.4, -0.2) is 21.2 Å². The molecule has 1 amide bonds. The van der Waals surface area contributed by atoms with Gasteiger partial charge in [-0.05, 0) is 25.0 Å². The van der Waals surface area contributed by atoms with Crippen molar-refractivity contribution in [3.63, 3.8) is 0 Å². The second-order valence-corrected chi connectivity index (χ2v) is 5.70. The molecule has 6 nitrogen and oxygen atoms in total. The summed E-state index contributed by atoms with van der Waals surface area (Å²) in [4.78, 5) is 24.0. The lowest BCUT2D eigenvalue weighted by Gasteiger charge is -2.27. The fourth-order valence-electron chi connectivity index (χ4n) is 2.05. The normalized spacial score (nSPS) is 13.6. The maximum Gasteiger partial charge on any atom is 0.242 e. The number of amides is 1. The van der Waals surface area contributed by atoms with Crippen molar-refractivity contribution in [3.05, 3.63) is 40.7 Å². The zero-order valence-corrected chi connectivity index (χ0v) is 12.8. The highest BCUT2D eigenvalue weighted by atomic mass is 16.2. The Hall–Kier alpha value is -2.68. The van der Waals surface area contributed by atoms with Crippen LogP contribution in [0.1, 0.15) is 20.8 Å². The summed E-state index contributed by atoms with van der Waals surface area (Å²) in [6.45, 7) is 5.38. The van der Waals surface area contributed by atoms with Gasteiger partial charge in [0, 0.05) is 5.39 Å². The molecule has 0 unspecified atom stereocenters. The summed E-state index contributed by atoms with van der Waals surface area (Å²) >= 11 is 0. The zero-order chi connectivity index (χ0) is 16.3. The van der Waals surface area contributed by atoms with Crippen molar-refractivity contribution < 1.29 is 4.79 Å². The molecule has 0 aliphatic carbocycles. The zero-order valence-electron chi connectivity index (χ0n) is 12.8. The monoisotopic (exact) mass is 298 g/mol. The van der Waals surface area contributed by atoms with Crippen LogP contribution < -0.4 is 10.7 Å². The van der Waals surface area contributed by atoms with Crippen LogP contribution in [0.4, 0.5) is 0 Å². The summed E-state index contributed by atoms with van der Waals surface area (Å²) in [6.07, 6.45) is 1.20. The quantitative estimate of drug-likeness (QED) is 0.925. The van der Waals surface area contributed by atoms with E-state index in [4.69, 9.17) is 0 Å². The fraction of sp³-hybridized carbons (Fsp3) is 0.375. The summed E-state index contributed by atoms with van der Waals surface area (Å²) in [7, 11) is 0. The number of carbonyl (C=O) groups is 1. The molecule has 0 aliphatic rings. The molecule has 1 aromatic carbocycles. The lowest BCUT2D eigenvalue weighted by atomic mass is 9.90. The number of para-hydroxylation sites is 1. The largest absolute Gasteiger partial charge is 0.336 e. The number of nitrogens with one attached hydrogen (secondary N) is 1. The van der Waals surface area contributed by atoms with Crippen LogP contribution in [0.2, 0.25) is 0 Å². The van der Waals surface area contributed by atoms with Crippen molar-refractivity contribution >= 4 is 16.8 Å². The SMILES string of the molecule is CC(C)[C@@](C)(C#N)NC(=O)Cn1ncc(=O)c2ccccc21. The number of hydrogen-bond donors (Lipinski definition) is 1. The van der Waals surface area contributed by atoms with Crippen molar-refractivity contribution in [2.45, 2.75) is 32.9 Å². The van der Waals surface area contributed by atoms with Crippen LogP contribution in [0.15, 0.2) is 35.3 Å². The molecular weight excluding hydrogens is 280 g/mol. The molecule has 2 aromatic rings. The fourth-order valence-corrected chi connectivity index (χ4v) is 2.05. The van der Waals surface area contributed by atoms with E-state index < -0.39 is 5.54 Å². The Kier molecular flexibility index (Phi) is 4.27. The van der Waals surface area contributed by atoms with Gasteiger partial charge in [0.05, 0.1) is 17.8 Å². The van der Waals surface area contributed by atoms with Gasteiger partial charge in [-0.3, -0.25) is 14.3 Å². The molecule has 1 heterocycles. The Bertz CT molecular complexity index is 804. The summed E-state index contributed by atoms with van der Waals surface area (Å²) in [5, 5.41) is 16.5. The summed E-state index contributed by atoms with van der Waals surface area (Å²) in [6, 6.07) is 9.11. The molecule has 1 aromatic heterocycles. The third-order valence-corrected chi connectivity index (χ3v) is 3.84. The lowest BCUT2D eigenvalue weighted by Crippen LogP contribution is -2.50. The molecule has 1 atom stereocenters. The highest BCUT2D eigenvalue weighted by Gasteiger charge is 2.30. The van der Waals surface area contributed by atoms with Crippen molar-refractivity contribution in [2.24, 2.45) is 5.92 Å². The summed E-state index contributed by atoms with van der Waals surface area (Å²) in [5.41, 5.74) is -0.531. The summed E-state index contributed by atoms with van der Waals surface area (Å²) in [5.74, 6) is -0.348. The van der Waals surface area contributed by atoms with E-state index in [1.165, 1.54) is 10.9 Å². The minimum Gasteiger partial charge on any atom is -0.336 e. The molecule has 0 bridgehead atoms. The topological polar surface area (TPSA) is 87.8 Å². The lowest BCUT2D eigenvalue weighted by molar-refractivity contribution is -0.123. The number of fused-ring (bicyclic) bond motifs is 1. The van der Waals surface area contributed by atoms with Gasteiger partial charge in [-0.15, -0.1) is 0 Å². The van der Waals surface area contributed by atoms with E-state index in [0.29, 0.717) is 10.9 Å². The Morgan fingerprint density at radius 1 is 1.45 bits per heavy atom. The first kappa shape index (κ1) is 15.7. The van der Waals surface area contributed by atoms with Gasteiger partial charge in [0.15, 0.2) is 0 Å². The molecule has 6 heteroatoms. The van der Waals surface area contributed by atoms with Crippen LogP contribution in [0.5, 0.6) is 0 Å². The number of nitrogens with zero attached hydrogens (tertiary/aromatic N) is 3. The number of carbonyl (C=O) groups excluding carboxylic acids is 1. The van der Waals surface area contributed by atoms with Gasteiger partial charge in [-0.1, -0.05) is 26.0 Å². The molecule has 114 valence electrons. The maximum absolute atomic E-state index is 12.2. The van der Waals surface area contributed by atoms with Gasteiger partial charge in [-0.25, -0.2) is 0 Å². The standard InChI is InChI=1S/C16H18N4O2/c1-11(2)16(3,10-17)19-15(22)9-20-13-7-5-4-6-12(13)14(21)8-18-20/h4-8,11H,9H2,1-3H3,(H,19,22)/t16-/m1/s1. The second-order valence-electron chi connectivity index (χ2n) is 5.70. The Labute approximate surface area is 128 Å². The first-order chi connectivity index (χ1) is 10.4. The third-order valence-electron chi connectivity index (χ3n) is 3.84. The van der Waals surface area contributed by atoms with E-state index in [1.54, 1.807) is 31.2 Å². The van der Waals surface area contributed by atoms with E-state index in [-0.39, 0.29) is 23.8 Å². The number of rotatable bonds is 4. The van der Waals surface area contributed by atoms with E-state index in [9.17, 15) is 14.9 Å². The molecule has 0 aliphatic heterocycles. The molecule has 2 rings (SSSR count). The predicted molar refractivity (Wildman–Crippen MR) is 83.0 cm³/mol. The van der Waals surface area contributed by atoms with Crippen LogP contribution >= 0.6 is 0 Å². The van der Waals surface area contributed by atoms with Crippen LogP contribution in [-0.2, 0) is 11.3 Å². The van der Waals surface area contributed by atoms with E-state index >= 15 is 0 Å². The maximum atomic E-state index is 12.2. The molecule has 0 saturated carbocycles. The number of nitriles is 1. The van der Waals surface area contributed by atoms with Crippen molar-refractivity contribution in [2.75, 3.05) is 0 Å². The van der Waals surface area contributed by atoms with Gasteiger partial charge in [-0.2, -0.15) is 10.4 Å². The molecule has 0 saturated heterocycles. The van der Waals surface area contributed by atoms with Crippen molar-refractivity contribution in [1.82, 2.24) is 15.1 Å². The van der Waals surface area contributed by atoms with Crippen molar-refractivity contribution in [3.8, 4) is 6.07 Å². The highest BCUT2D eigenvalue weighted by Crippen LogP contribution is 2.15. The molecular formula is C16H18N4O2. The molecule has 0 fully saturated rings. The van der Waals surface area contributed by atoms with Crippen LogP contribution in [0.25, 0.3) is 10.9 Å². The van der Waals surface area contributed by atoms with Gasteiger partial charge < -0.3 is 5.32 Å². The second kappa shape index (κ2) is 5.98. The average Bonchev–Trinajstić information content (AvgIpc) is 2.50. The highest BCUT2D eigenvalue weighted by molar-refractivity contribution is 5.82. The molecule has 0 spiro atoms. The van der Waals surface area contributed by atoms with E-state index in [1.807, 2.05) is 13.8 Å². The van der Waals surface area contributed by atoms with Gasteiger partial charge in [0.2, 0.25) is 11.3 Å². The minimum absolute atomic E-state index is 0.0276. The first-order valence-electron chi connectivity index (χ1n) is 7.04. The van der Waals surface area contributed by atoms with E-state index in [2.05, 4.69) is 16.5 Å². The van der Waals surface area contributed by atoms with Crippen LogP contribution in [0.3, 0.4) is 0 Å². The van der Waals surface area contributed by atoms with Gasteiger partial charge in [0.1, 0.15) is 12.1 Å². The predicted octanol–water partition coefficient (Wildman–Crippen LogP) is 1.45. The molecule has 0 radical (unpaired) electrons. The van der Waals surface area contributed by atoms with E-state index in [0.717, 1.165) is 0 Å². The third kappa shape index (κ3) is 2.98. The number of benzene rings is 1. The minimum atomic E-state index is -0.939. The molecule has 22 heavy (non-hydrogen) atoms. The van der Waals surface area contributed by atoms with Crippen LogP contribution in [0, 0.1) is 17.2 Å². The average molecular weight is 298 g/mol. The van der Waals surface area contributed by atoms with Crippen molar-refractivity contribution in [1.29, 1.82) is 5.26 Å². The Morgan fingerprint density at radius 3 is 2.77 bits per heavy atom. The van der Waals surface area contributed by atoms with Gasteiger partial charge >= 0.3 is 0 Å². The Morgan fingerprint density at radius 2 is 2.14 bits per heavy atom.